The Bertz CT molecular complexity index is 712. The average Bonchev–Trinajstić information content (AvgIpc) is 2.52. The summed E-state index contributed by atoms with van der Waals surface area (Å²) in [5.74, 6) is -4.17. The Morgan fingerprint density at radius 2 is 1.30 bits per heavy atom. The summed E-state index contributed by atoms with van der Waals surface area (Å²) in [6.45, 7) is 3.68. The molecule has 27 heavy (non-hydrogen) atoms. The Balaban J connectivity index is 5.17. The summed E-state index contributed by atoms with van der Waals surface area (Å²) in [4.78, 5) is 25.8. The molecule has 0 aliphatic rings. The smallest absolute Gasteiger partial charge is 0.345 e. The molecule has 2 N–H and O–H groups in total. The van der Waals surface area contributed by atoms with Crippen LogP contribution < -0.4 is 0 Å². The topological polar surface area (TPSA) is 165 Å². The number of rotatable bonds is 12. The van der Waals surface area contributed by atoms with Crippen LogP contribution in [0.5, 0.6) is 0 Å². The maximum absolute atomic E-state index is 12.0. The maximum atomic E-state index is 12.0. The summed E-state index contributed by atoms with van der Waals surface area (Å²) in [6, 6.07) is 0. The first-order chi connectivity index (χ1) is 12.4. The van der Waals surface area contributed by atoms with Gasteiger partial charge in [0.15, 0.2) is 0 Å². The van der Waals surface area contributed by atoms with Gasteiger partial charge in [0.25, 0.3) is 20.2 Å². The van der Waals surface area contributed by atoms with Crippen molar-refractivity contribution in [2.45, 2.75) is 13.8 Å². The summed E-state index contributed by atoms with van der Waals surface area (Å²) in [5.41, 5.74) is -0.621. The molecule has 0 rings (SSSR count). The van der Waals surface area contributed by atoms with Crippen molar-refractivity contribution < 1.29 is 45.0 Å². The van der Waals surface area contributed by atoms with Gasteiger partial charge >= 0.3 is 11.9 Å². The molecule has 0 fully saturated rings. The van der Waals surface area contributed by atoms with E-state index >= 15 is 0 Å². The minimum atomic E-state index is -4.36. The predicted octanol–water partition coefficient (Wildman–Crippen LogP) is -0.370. The Kier molecular flexibility index (Phi) is 10.8. The standard InChI is InChI=1S/C14H23NO10S2/c1-3-15(4-2)7-5-6-12(13(16)24-8-10-26(18,19)20)14(17)25-9-11-27(21,22)23/h5-7H,3-4,8-11H2,1-2H3,(H,18,19,20)(H,21,22,23)/b7-5+. The monoisotopic (exact) mass is 429 g/mol. The van der Waals surface area contributed by atoms with Crippen molar-refractivity contribution in [3.8, 4) is 0 Å². The third-order valence-corrected chi connectivity index (χ3v) is 4.33. The van der Waals surface area contributed by atoms with Crippen LogP contribution in [0.3, 0.4) is 0 Å². The lowest BCUT2D eigenvalue weighted by atomic mass is 10.2. The molecule has 0 saturated carbocycles. The molecule has 0 aromatic rings. The van der Waals surface area contributed by atoms with Gasteiger partial charge in [0.05, 0.1) is 0 Å². The number of carbonyl (C=O) groups is 2. The van der Waals surface area contributed by atoms with Crippen molar-refractivity contribution in [2.24, 2.45) is 0 Å². The van der Waals surface area contributed by atoms with Gasteiger partial charge in [-0.15, -0.1) is 0 Å². The molecule has 0 amide bonds. The van der Waals surface area contributed by atoms with Crippen molar-refractivity contribution in [1.82, 2.24) is 4.90 Å². The van der Waals surface area contributed by atoms with Crippen molar-refractivity contribution >= 4 is 32.2 Å². The number of nitrogens with zero attached hydrogens (tertiary/aromatic N) is 1. The van der Waals surface area contributed by atoms with Gasteiger partial charge in [0.1, 0.15) is 30.3 Å². The van der Waals surface area contributed by atoms with Gasteiger partial charge in [-0.05, 0) is 32.2 Å². The van der Waals surface area contributed by atoms with Crippen LogP contribution in [0, 0.1) is 0 Å². The molecule has 0 heterocycles. The van der Waals surface area contributed by atoms with E-state index in [2.05, 4.69) is 9.47 Å². The van der Waals surface area contributed by atoms with Gasteiger partial charge in [-0.25, -0.2) is 9.59 Å². The van der Waals surface area contributed by atoms with Crippen molar-refractivity contribution in [3.05, 3.63) is 23.9 Å². The molecule has 0 unspecified atom stereocenters. The summed E-state index contributed by atoms with van der Waals surface area (Å²) in [5, 5.41) is 0. The van der Waals surface area contributed by atoms with Crippen molar-refractivity contribution in [2.75, 3.05) is 37.8 Å². The van der Waals surface area contributed by atoms with Crippen LogP contribution in [0.4, 0.5) is 0 Å². The molecule has 0 bridgehead atoms. The van der Waals surface area contributed by atoms with Crippen LogP contribution in [-0.2, 0) is 39.3 Å². The molecular formula is C14H23NO10S2. The molecular weight excluding hydrogens is 406 g/mol. The van der Waals surface area contributed by atoms with Crippen LogP contribution in [0.1, 0.15) is 13.8 Å². The Hall–Kier alpha value is -1.96. The minimum absolute atomic E-state index is 0.621. The molecule has 0 aromatic carbocycles. The van der Waals surface area contributed by atoms with E-state index in [0.29, 0.717) is 13.1 Å². The molecule has 156 valence electrons. The SMILES string of the molecule is CCN(/C=C/C=C(C(=O)OCCS(=O)(=O)O)C(=O)OCCS(=O)(=O)O)CC. The second-order valence-electron chi connectivity index (χ2n) is 4.99. The molecule has 0 saturated heterocycles. The predicted molar refractivity (Wildman–Crippen MR) is 94.9 cm³/mol. The average molecular weight is 429 g/mol. The molecule has 0 atom stereocenters. The van der Waals surface area contributed by atoms with Crippen LogP contribution in [-0.4, -0.2) is 80.6 Å². The van der Waals surface area contributed by atoms with Gasteiger partial charge in [-0.3, -0.25) is 9.11 Å². The van der Waals surface area contributed by atoms with Crippen LogP contribution in [0.15, 0.2) is 23.9 Å². The lowest BCUT2D eigenvalue weighted by Crippen LogP contribution is -2.23. The highest BCUT2D eigenvalue weighted by Crippen LogP contribution is 2.04. The Labute approximate surface area is 158 Å². The maximum Gasteiger partial charge on any atom is 0.345 e. The summed E-state index contributed by atoms with van der Waals surface area (Å²) < 4.78 is 68.9. The lowest BCUT2D eigenvalue weighted by Gasteiger charge is -2.14. The van der Waals surface area contributed by atoms with Gasteiger partial charge < -0.3 is 14.4 Å². The summed E-state index contributed by atoms with van der Waals surface area (Å²) in [6.07, 6.45) is 4.00. The van der Waals surface area contributed by atoms with E-state index in [4.69, 9.17) is 9.11 Å². The first-order valence-corrected chi connectivity index (χ1v) is 11.0. The zero-order valence-corrected chi connectivity index (χ0v) is 16.5. The summed E-state index contributed by atoms with van der Waals surface area (Å²) >= 11 is 0. The van der Waals surface area contributed by atoms with Gasteiger partial charge in [-0.1, -0.05) is 0 Å². The quantitative estimate of drug-likeness (QED) is 0.104. The number of esters is 2. The van der Waals surface area contributed by atoms with Crippen LogP contribution >= 0.6 is 0 Å². The highest BCUT2D eigenvalue weighted by atomic mass is 32.2. The third kappa shape index (κ3) is 12.9. The Morgan fingerprint density at radius 3 is 1.63 bits per heavy atom. The van der Waals surface area contributed by atoms with E-state index in [-0.39, 0.29) is 0 Å². The van der Waals surface area contributed by atoms with E-state index in [0.717, 1.165) is 6.08 Å². The Morgan fingerprint density at radius 1 is 0.889 bits per heavy atom. The van der Waals surface area contributed by atoms with E-state index < -0.39 is 62.5 Å². The minimum Gasteiger partial charge on any atom is -0.461 e. The van der Waals surface area contributed by atoms with Crippen molar-refractivity contribution in [1.29, 1.82) is 0 Å². The molecule has 0 spiro atoms. The highest BCUT2D eigenvalue weighted by molar-refractivity contribution is 7.86. The van der Waals surface area contributed by atoms with E-state index in [1.54, 1.807) is 6.20 Å². The first kappa shape index (κ1) is 25.0. The third-order valence-electron chi connectivity index (χ3n) is 2.96. The first-order valence-electron chi connectivity index (χ1n) is 7.76. The van der Waals surface area contributed by atoms with Crippen LogP contribution in [0.25, 0.3) is 0 Å². The second-order valence-corrected chi connectivity index (χ2v) is 8.13. The molecule has 13 heteroatoms. The number of carbonyl (C=O) groups excluding carboxylic acids is 2. The molecule has 11 nitrogen and oxygen atoms in total. The highest BCUT2D eigenvalue weighted by Gasteiger charge is 2.22. The molecule has 0 aliphatic heterocycles. The zero-order valence-electron chi connectivity index (χ0n) is 14.9. The lowest BCUT2D eigenvalue weighted by molar-refractivity contribution is -0.146. The van der Waals surface area contributed by atoms with E-state index in [9.17, 15) is 26.4 Å². The second kappa shape index (κ2) is 11.7. The van der Waals surface area contributed by atoms with E-state index in [1.807, 2.05) is 18.7 Å². The molecule has 0 radical (unpaired) electrons. The zero-order chi connectivity index (χ0) is 21.1. The number of allylic oxidation sites excluding steroid dienone is 2. The van der Waals surface area contributed by atoms with Crippen molar-refractivity contribution in [3.63, 3.8) is 0 Å². The molecule has 0 aromatic heterocycles. The largest absolute Gasteiger partial charge is 0.461 e. The fourth-order valence-electron chi connectivity index (χ4n) is 1.55. The molecule has 0 aliphatic carbocycles. The van der Waals surface area contributed by atoms with Gasteiger partial charge in [-0.2, -0.15) is 16.8 Å². The number of hydrogen-bond donors (Lipinski definition) is 2. The van der Waals surface area contributed by atoms with Gasteiger partial charge in [0.2, 0.25) is 0 Å². The number of ether oxygens (including phenoxy) is 2. The van der Waals surface area contributed by atoms with Crippen LogP contribution in [0.2, 0.25) is 0 Å². The fourth-order valence-corrected chi connectivity index (χ4v) is 2.14. The summed E-state index contributed by atoms with van der Waals surface area (Å²) in [7, 11) is -8.72. The van der Waals surface area contributed by atoms with E-state index in [1.165, 1.54) is 6.08 Å². The fraction of sp³-hybridized carbons (Fsp3) is 0.571. The normalized spacial score (nSPS) is 11.9. The van der Waals surface area contributed by atoms with Gasteiger partial charge in [0, 0.05) is 13.1 Å². The number of hydrogen-bond acceptors (Lipinski definition) is 9.